The maximum Gasteiger partial charge on any atom is 0.00723 e. The van der Waals surface area contributed by atoms with E-state index in [0.717, 1.165) is 14.6 Å². The van der Waals surface area contributed by atoms with E-state index in [1.165, 1.54) is 64.8 Å². The van der Waals surface area contributed by atoms with E-state index >= 15 is 0 Å². The molecule has 0 aliphatic heterocycles. The summed E-state index contributed by atoms with van der Waals surface area (Å²) < 4.78 is 0. The van der Waals surface area contributed by atoms with Gasteiger partial charge in [0.1, 0.15) is 0 Å². The average molecular weight is 451 g/mol. The van der Waals surface area contributed by atoms with Gasteiger partial charge in [-0.3, -0.25) is 0 Å². The lowest BCUT2D eigenvalue weighted by atomic mass is 9.97. The zero-order chi connectivity index (χ0) is 22.5. The Bertz CT molecular complexity index is 1840. The van der Waals surface area contributed by atoms with Gasteiger partial charge in [-0.25, -0.2) is 0 Å². The van der Waals surface area contributed by atoms with Crippen LogP contribution in [0, 0.1) is 0 Å². The molecule has 0 aliphatic rings. The number of hydrogen-bond donors (Lipinski definition) is 0. The minimum atomic E-state index is 0.729. The minimum Gasteiger partial charge on any atom is -0.123 e. The van der Waals surface area contributed by atoms with Crippen molar-refractivity contribution in [3.8, 4) is 11.1 Å². The van der Waals surface area contributed by atoms with Gasteiger partial charge >= 0.3 is 0 Å². The first kappa shape index (κ1) is 19.6. The first-order valence-electron chi connectivity index (χ1n) is 11.8. The van der Waals surface area contributed by atoms with Crippen LogP contribution in [-0.4, -0.2) is 0 Å². The van der Waals surface area contributed by atoms with Crippen molar-refractivity contribution in [1.82, 2.24) is 0 Å². The molecule has 0 saturated heterocycles. The molecule has 0 fully saturated rings. The normalized spacial score (nSPS) is 11.9. The molecular formula is C33H23P. The molecular weight excluding hydrogens is 427 g/mol. The van der Waals surface area contributed by atoms with Crippen molar-refractivity contribution < 1.29 is 0 Å². The Balaban J connectivity index is 1.29. The molecule has 0 radical (unpaired) electrons. The maximum absolute atomic E-state index is 2.40. The molecule has 0 nitrogen and oxygen atoms in total. The third-order valence-electron chi connectivity index (χ3n) is 6.98. The molecule has 0 aliphatic carbocycles. The van der Waals surface area contributed by atoms with Crippen LogP contribution in [0.3, 0.4) is 0 Å². The van der Waals surface area contributed by atoms with E-state index in [0.29, 0.717) is 0 Å². The molecule has 34 heavy (non-hydrogen) atoms. The molecule has 1 heteroatoms. The highest BCUT2D eigenvalue weighted by atomic mass is 31.0. The molecule has 0 bridgehead atoms. The van der Waals surface area contributed by atoms with Crippen LogP contribution in [0.1, 0.15) is 11.1 Å². The van der Waals surface area contributed by atoms with E-state index in [1.54, 1.807) is 0 Å². The van der Waals surface area contributed by atoms with Gasteiger partial charge < -0.3 is 0 Å². The predicted molar refractivity (Wildman–Crippen MR) is 151 cm³/mol. The molecule has 1 aromatic heterocycles. The van der Waals surface area contributed by atoms with Crippen LogP contribution in [0.5, 0.6) is 0 Å². The van der Waals surface area contributed by atoms with Gasteiger partial charge in [0.05, 0.1) is 0 Å². The Labute approximate surface area is 200 Å². The summed E-state index contributed by atoms with van der Waals surface area (Å²) in [7, 11) is 0.729. The summed E-state index contributed by atoms with van der Waals surface area (Å²) >= 11 is 0. The van der Waals surface area contributed by atoms with Crippen LogP contribution in [-0.2, 0) is 6.42 Å². The third kappa shape index (κ3) is 3.31. The Morgan fingerprint density at radius 2 is 1.21 bits per heavy atom. The van der Waals surface area contributed by atoms with Crippen LogP contribution in [0.4, 0.5) is 0 Å². The molecule has 6 aromatic carbocycles. The highest BCUT2D eigenvalue weighted by Crippen LogP contribution is 2.43. The fourth-order valence-electron chi connectivity index (χ4n) is 5.27. The summed E-state index contributed by atoms with van der Waals surface area (Å²) in [5.41, 5.74) is 5.29. The lowest BCUT2D eigenvalue weighted by Crippen LogP contribution is -1.89. The zero-order valence-electron chi connectivity index (χ0n) is 18.8. The lowest BCUT2D eigenvalue weighted by molar-refractivity contribution is 1.20. The summed E-state index contributed by atoms with van der Waals surface area (Å²) in [6.07, 6.45) is 0.944. The average Bonchev–Trinajstić information content (AvgIpc) is 3.27. The zero-order valence-corrected chi connectivity index (χ0v) is 19.8. The fourth-order valence-corrected chi connectivity index (χ4v) is 6.76. The van der Waals surface area contributed by atoms with Crippen molar-refractivity contribution in [3.05, 3.63) is 132 Å². The van der Waals surface area contributed by atoms with Crippen molar-refractivity contribution in [1.29, 1.82) is 0 Å². The minimum absolute atomic E-state index is 0.729. The SMILES string of the molecule is c1cc(Cc2ccc3ccccc3c2)cc(-c2ccc3[pH]c4c5ccccc5ccc4c3c2)c1. The lowest BCUT2D eigenvalue weighted by Gasteiger charge is -2.08. The number of benzene rings is 6. The summed E-state index contributed by atoms with van der Waals surface area (Å²) in [5, 5.41) is 11.1. The summed E-state index contributed by atoms with van der Waals surface area (Å²) in [5.74, 6) is 0. The van der Waals surface area contributed by atoms with Crippen LogP contribution < -0.4 is 0 Å². The molecule has 0 saturated carbocycles. The smallest absolute Gasteiger partial charge is 0.00723 e. The highest BCUT2D eigenvalue weighted by molar-refractivity contribution is 7.44. The van der Waals surface area contributed by atoms with Gasteiger partial charge in [-0.05, 0) is 78.2 Å². The second-order valence-corrected chi connectivity index (χ2v) is 10.4. The number of fused-ring (bicyclic) bond motifs is 6. The van der Waals surface area contributed by atoms with Gasteiger partial charge in [0, 0.05) is 5.12 Å². The summed E-state index contributed by atoms with van der Waals surface area (Å²) in [4.78, 5) is 0. The van der Waals surface area contributed by atoms with E-state index in [9.17, 15) is 0 Å². The van der Waals surface area contributed by atoms with Crippen LogP contribution >= 0.6 is 8.19 Å². The molecule has 160 valence electrons. The predicted octanol–water partition coefficient (Wildman–Crippen LogP) is 9.59. The standard InChI is InChI=1S/C33H23P/c1-2-9-26-20-23(12-13-24(26)7-1)18-22-6-5-10-27(19-22)28-15-17-32-31(21-28)30-16-14-25-8-3-4-11-29(25)33(30)34-32/h1-17,19-21,34H,18H2. The largest absolute Gasteiger partial charge is 0.123 e. The Morgan fingerprint density at radius 1 is 0.441 bits per heavy atom. The second kappa shape index (κ2) is 7.87. The van der Waals surface area contributed by atoms with Crippen LogP contribution in [0.15, 0.2) is 121 Å². The van der Waals surface area contributed by atoms with Crippen molar-refractivity contribution in [3.63, 3.8) is 0 Å². The van der Waals surface area contributed by atoms with Crippen molar-refractivity contribution in [2.45, 2.75) is 6.42 Å². The third-order valence-corrected chi connectivity index (χ3v) is 8.47. The Kier molecular flexibility index (Phi) is 4.54. The van der Waals surface area contributed by atoms with Crippen molar-refractivity contribution in [2.75, 3.05) is 0 Å². The van der Waals surface area contributed by atoms with E-state index < -0.39 is 0 Å². The number of hydrogen-bond acceptors (Lipinski definition) is 0. The molecule has 1 unspecified atom stereocenters. The van der Waals surface area contributed by atoms with E-state index in [-0.39, 0.29) is 0 Å². The van der Waals surface area contributed by atoms with Gasteiger partial charge in [-0.2, -0.15) is 0 Å². The maximum atomic E-state index is 2.40. The molecule has 7 rings (SSSR count). The van der Waals surface area contributed by atoms with Crippen LogP contribution in [0.2, 0.25) is 0 Å². The van der Waals surface area contributed by atoms with Gasteiger partial charge in [0.25, 0.3) is 0 Å². The van der Waals surface area contributed by atoms with E-state index in [2.05, 4.69) is 121 Å². The Hall–Kier alpha value is -3.86. The molecule has 7 aromatic rings. The van der Waals surface area contributed by atoms with Crippen molar-refractivity contribution in [2.24, 2.45) is 0 Å². The van der Waals surface area contributed by atoms with E-state index in [1.807, 2.05) is 0 Å². The highest BCUT2D eigenvalue weighted by Gasteiger charge is 2.09. The monoisotopic (exact) mass is 450 g/mol. The van der Waals surface area contributed by atoms with Gasteiger partial charge in [0.15, 0.2) is 0 Å². The molecule has 1 heterocycles. The number of rotatable bonds is 3. The van der Waals surface area contributed by atoms with Gasteiger partial charge in [0.2, 0.25) is 0 Å². The first-order valence-corrected chi connectivity index (χ1v) is 12.8. The molecule has 0 spiro atoms. The molecule has 0 N–H and O–H groups in total. The van der Waals surface area contributed by atoms with Crippen molar-refractivity contribution >= 4 is 50.7 Å². The van der Waals surface area contributed by atoms with Gasteiger partial charge in [-0.15, -0.1) is 8.19 Å². The molecule has 1 atom stereocenters. The molecule has 0 amide bonds. The summed E-state index contributed by atoms with van der Waals surface area (Å²) in [6, 6.07) is 44.8. The first-order chi connectivity index (χ1) is 16.8. The van der Waals surface area contributed by atoms with Gasteiger partial charge in [-0.1, -0.05) is 109 Å². The topological polar surface area (TPSA) is 0 Å². The second-order valence-electron chi connectivity index (χ2n) is 9.15. The van der Waals surface area contributed by atoms with Crippen LogP contribution in [0.25, 0.3) is 53.7 Å². The summed E-state index contributed by atoms with van der Waals surface area (Å²) in [6.45, 7) is 0. The quantitative estimate of drug-likeness (QED) is 0.251. The van der Waals surface area contributed by atoms with E-state index in [4.69, 9.17) is 0 Å². The fraction of sp³-hybridized carbons (Fsp3) is 0.0303. The Morgan fingerprint density at radius 3 is 2.15 bits per heavy atom.